The van der Waals surface area contributed by atoms with Crippen molar-refractivity contribution in [3.05, 3.63) is 23.8 Å². The number of hydrogen-bond acceptors (Lipinski definition) is 4. The average molecular weight is 249 g/mol. The molecule has 0 aromatic heterocycles. The van der Waals surface area contributed by atoms with Crippen molar-refractivity contribution in [3.8, 4) is 5.75 Å². The summed E-state index contributed by atoms with van der Waals surface area (Å²) < 4.78 is 10.3. The first-order valence-corrected chi connectivity index (χ1v) is 6.31. The van der Waals surface area contributed by atoms with E-state index in [1.165, 1.54) is 19.3 Å². The number of esters is 1. The standard InChI is InChI=1S/C14H19NO3/c1-17-13-6-5-11(9-12(13)15)14(16)18-8-7-10-3-2-4-10/h5-6,9-10H,2-4,7-8,15H2,1H3. The minimum absolute atomic E-state index is 0.316. The Morgan fingerprint density at radius 3 is 2.78 bits per heavy atom. The topological polar surface area (TPSA) is 61.5 Å². The SMILES string of the molecule is COc1ccc(C(=O)OCCC2CCC2)cc1N. The Kier molecular flexibility index (Phi) is 4.07. The van der Waals surface area contributed by atoms with Gasteiger partial charge in [-0.3, -0.25) is 0 Å². The van der Waals surface area contributed by atoms with E-state index in [1.54, 1.807) is 25.3 Å². The van der Waals surface area contributed by atoms with Crippen LogP contribution in [0.15, 0.2) is 18.2 Å². The molecular formula is C14H19NO3. The van der Waals surface area contributed by atoms with Gasteiger partial charge in [0.25, 0.3) is 0 Å². The molecule has 98 valence electrons. The monoisotopic (exact) mass is 249 g/mol. The van der Waals surface area contributed by atoms with Crippen LogP contribution in [0.25, 0.3) is 0 Å². The molecule has 0 unspecified atom stereocenters. The number of nitrogens with two attached hydrogens (primary N) is 1. The highest BCUT2D eigenvalue weighted by molar-refractivity contribution is 5.91. The minimum atomic E-state index is -0.316. The highest BCUT2D eigenvalue weighted by atomic mass is 16.5. The molecule has 4 nitrogen and oxygen atoms in total. The van der Waals surface area contributed by atoms with E-state index in [0.29, 0.717) is 23.6 Å². The predicted octanol–water partition coefficient (Wildman–Crippen LogP) is 2.62. The van der Waals surface area contributed by atoms with E-state index in [9.17, 15) is 4.79 Å². The third-order valence-corrected chi connectivity index (χ3v) is 3.45. The quantitative estimate of drug-likeness (QED) is 0.643. The van der Waals surface area contributed by atoms with Crippen molar-refractivity contribution in [1.29, 1.82) is 0 Å². The van der Waals surface area contributed by atoms with Crippen LogP contribution in [-0.2, 0) is 4.74 Å². The zero-order chi connectivity index (χ0) is 13.0. The average Bonchev–Trinajstić information content (AvgIpc) is 2.32. The summed E-state index contributed by atoms with van der Waals surface area (Å²) in [7, 11) is 1.54. The summed E-state index contributed by atoms with van der Waals surface area (Å²) in [5.74, 6) is 1.00. The van der Waals surface area contributed by atoms with Gasteiger partial charge in [0.15, 0.2) is 0 Å². The molecule has 0 aliphatic heterocycles. The molecule has 0 heterocycles. The van der Waals surface area contributed by atoms with Gasteiger partial charge < -0.3 is 15.2 Å². The smallest absolute Gasteiger partial charge is 0.338 e. The minimum Gasteiger partial charge on any atom is -0.495 e. The van der Waals surface area contributed by atoms with E-state index in [-0.39, 0.29) is 5.97 Å². The van der Waals surface area contributed by atoms with Gasteiger partial charge in [0, 0.05) is 0 Å². The zero-order valence-electron chi connectivity index (χ0n) is 10.6. The van der Waals surface area contributed by atoms with Crippen LogP contribution in [0.1, 0.15) is 36.0 Å². The van der Waals surface area contributed by atoms with Gasteiger partial charge in [0.1, 0.15) is 5.75 Å². The molecule has 1 saturated carbocycles. The first-order valence-electron chi connectivity index (χ1n) is 6.31. The van der Waals surface area contributed by atoms with Gasteiger partial charge in [-0.2, -0.15) is 0 Å². The maximum absolute atomic E-state index is 11.8. The lowest BCUT2D eigenvalue weighted by atomic mass is 9.83. The molecular weight excluding hydrogens is 230 g/mol. The van der Waals surface area contributed by atoms with Gasteiger partial charge >= 0.3 is 5.97 Å². The van der Waals surface area contributed by atoms with Crippen LogP contribution in [-0.4, -0.2) is 19.7 Å². The van der Waals surface area contributed by atoms with Crippen molar-refractivity contribution in [1.82, 2.24) is 0 Å². The van der Waals surface area contributed by atoms with Crippen LogP contribution >= 0.6 is 0 Å². The lowest BCUT2D eigenvalue weighted by Crippen LogP contribution is -2.15. The number of carbonyl (C=O) groups is 1. The van der Waals surface area contributed by atoms with Crippen molar-refractivity contribution in [2.24, 2.45) is 5.92 Å². The number of ether oxygens (including phenoxy) is 2. The van der Waals surface area contributed by atoms with Crippen LogP contribution in [0.3, 0.4) is 0 Å². The second-order valence-electron chi connectivity index (χ2n) is 4.68. The first-order chi connectivity index (χ1) is 8.70. The summed E-state index contributed by atoms with van der Waals surface area (Å²) in [6.07, 6.45) is 4.82. The van der Waals surface area contributed by atoms with Crippen LogP contribution in [0.2, 0.25) is 0 Å². The van der Waals surface area contributed by atoms with Gasteiger partial charge in [-0.15, -0.1) is 0 Å². The molecule has 1 fully saturated rings. The highest BCUT2D eigenvalue weighted by Crippen LogP contribution is 2.29. The van der Waals surface area contributed by atoms with E-state index >= 15 is 0 Å². The molecule has 1 aliphatic carbocycles. The summed E-state index contributed by atoms with van der Waals surface area (Å²) in [4.78, 5) is 11.8. The summed E-state index contributed by atoms with van der Waals surface area (Å²) in [5, 5.41) is 0. The molecule has 2 rings (SSSR count). The Morgan fingerprint density at radius 2 is 2.22 bits per heavy atom. The van der Waals surface area contributed by atoms with E-state index in [1.807, 2.05) is 0 Å². The maximum atomic E-state index is 11.8. The molecule has 1 aliphatic rings. The summed E-state index contributed by atoms with van der Waals surface area (Å²) in [5.41, 5.74) is 6.67. The van der Waals surface area contributed by atoms with Gasteiger partial charge in [0.05, 0.1) is 25.0 Å². The second-order valence-corrected chi connectivity index (χ2v) is 4.68. The van der Waals surface area contributed by atoms with E-state index in [0.717, 1.165) is 12.3 Å². The second kappa shape index (κ2) is 5.76. The van der Waals surface area contributed by atoms with Crippen molar-refractivity contribution < 1.29 is 14.3 Å². The first kappa shape index (κ1) is 12.7. The largest absolute Gasteiger partial charge is 0.495 e. The summed E-state index contributed by atoms with van der Waals surface area (Å²) in [6, 6.07) is 4.93. The van der Waals surface area contributed by atoms with Gasteiger partial charge in [-0.1, -0.05) is 19.3 Å². The normalized spacial score (nSPS) is 14.9. The van der Waals surface area contributed by atoms with Gasteiger partial charge in [-0.25, -0.2) is 4.79 Å². The Balaban J connectivity index is 1.85. The summed E-state index contributed by atoms with van der Waals surface area (Å²) in [6.45, 7) is 0.495. The van der Waals surface area contributed by atoms with Crippen LogP contribution in [0, 0.1) is 5.92 Å². The van der Waals surface area contributed by atoms with Gasteiger partial charge in [-0.05, 0) is 30.5 Å². The fourth-order valence-electron chi connectivity index (χ4n) is 2.04. The molecule has 0 amide bonds. The molecule has 0 bridgehead atoms. The van der Waals surface area contributed by atoms with Crippen LogP contribution in [0.4, 0.5) is 5.69 Å². The number of methoxy groups -OCH3 is 1. The number of hydrogen-bond donors (Lipinski definition) is 1. The fraction of sp³-hybridized carbons (Fsp3) is 0.500. The van der Waals surface area contributed by atoms with Gasteiger partial charge in [0.2, 0.25) is 0 Å². The lowest BCUT2D eigenvalue weighted by Gasteiger charge is -2.24. The molecule has 0 atom stereocenters. The molecule has 0 radical (unpaired) electrons. The lowest BCUT2D eigenvalue weighted by molar-refractivity contribution is 0.0464. The van der Waals surface area contributed by atoms with Crippen LogP contribution < -0.4 is 10.5 Å². The molecule has 2 N–H and O–H groups in total. The number of nitrogen functional groups attached to an aromatic ring is 1. The van der Waals surface area contributed by atoms with E-state index < -0.39 is 0 Å². The number of carbonyl (C=O) groups excluding carboxylic acids is 1. The molecule has 18 heavy (non-hydrogen) atoms. The maximum Gasteiger partial charge on any atom is 0.338 e. The Morgan fingerprint density at radius 1 is 1.44 bits per heavy atom. The number of rotatable bonds is 5. The van der Waals surface area contributed by atoms with Crippen molar-refractivity contribution in [2.45, 2.75) is 25.7 Å². The molecule has 0 spiro atoms. The Bertz CT molecular complexity index is 427. The fourth-order valence-corrected chi connectivity index (χ4v) is 2.04. The van der Waals surface area contributed by atoms with E-state index in [2.05, 4.69) is 0 Å². The Hall–Kier alpha value is -1.71. The van der Waals surface area contributed by atoms with Crippen molar-refractivity contribution in [2.75, 3.05) is 19.5 Å². The summed E-state index contributed by atoms with van der Waals surface area (Å²) >= 11 is 0. The number of anilines is 1. The number of benzene rings is 1. The third-order valence-electron chi connectivity index (χ3n) is 3.45. The van der Waals surface area contributed by atoms with E-state index in [4.69, 9.17) is 15.2 Å². The predicted molar refractivity (Wildman–Crippen MR) is 69.6 cm³/mol. The zero-order valence-corrected chi connectivity index (χ0v) is 10.6. The molecule has 1 aromatic rings. The molecule has 1 aromatic carbocycles. The third kappa shape index (κ3) is 2.94. The van der Waals surface area contributed by atoms with Crippen molar-refractivity contribution >= 4 is 11.7 Å². The van der Waals surface area contributed by atoms with Crippen molar-refractivity contribution in [3.63, 3.8) is 0 Å². The highest BCUT2D eigenvalue weighted by Gasteiger charge is 2.18. The molecule has 0 saturated heterocycles. The Labute approximate surface area is 107 Å². The molecule has 4 heteroatoms. The van der Waals surface area contributed by atoms with Crippen LogP contribution in [0.5, 0.6) is 5.75 Å².